The fourth-order valence-corrected chi connectivity index (χ4v) is 1.82. The van der Waals surface area contributed by atoms with Crippen LogP contribution in [0.4, 0.5) is 0 Å². The Morgan fingerprint density at radius 3 is 2.71 bits per heavy atom. The van der Waals surface area contributed by atoms with Gasteiger partial charge in [0.05, 0.1) is 12.7 Å². The summed E-state index contributed by atoms with van der Waals surface area (Å²) in [7, 11) is 0. The Balaban J connectivity index is 3.27. The highest BCUT2D eigenvalue weighted by molar-refractivity contribution is 5.69. The van der Waals surface area contributed by atoms with Gasteiger partial charge in [-0.15, -0.1) is 0 Å². The molecule has 6 heteroatoms. The normalized spacial score (nSPS) is 11.4. The number of esters is 1. The summed E-state index contributed by atoms with van der Waals surface area (Å²) in [4.78, 5) is 23.8. The SMILES string of the molecule is C=C/C=C(\C=C/C)Oc1cc(=O)n(CC(=O)OCC)nc1C(=C)C. The summed E-state index contributed by atoms with van der Waals surface area (Å²) >= 11 is 0. The quantitative estimate of drug-likeness (QED) is 0.416. The van der Waals surface area contributed by atoms with E-state index in [0.29, 0.717) is 17.0 Å². The highest BCUT2D eigenvalue weighted by Crippen LogP contribution is 2.23. The second-order valence-electron chi connectivity index (χ2n) is 4.85. The second kappa shape index (κ2) is 9.29. The van der Waals surface area contributed by atoms with Crippen molar-refractivity contribution >= 4 is 11.5 Å². The van der Waals surface area contributed by atoms with Crippen LogP contribution in [0.25, 0.3) is 5.57 Å². The third kappa shape index (κ3) is 5.39. The number of ether oxygens (including phenoxy) is 2. The zero-order valence-corrected chi connectivity index (χ0v) is 14.2. The van der Waals surface area contributed by atoms with E-state index in [2.05, 4.69) is 18.3 Å². The van der Waals surface area contributed by atoms with Crippen molar-refractivity contribution in [3.63, 3.8) is 0 Å². The molecule has 0 bridgehead atoms. The monoisotopic (exact) mass is 330 g/mol. The van der Waals surface area contributed by atoms with Crippen molar-refractivity contribution in [1.29, 1.82) is 0 Å². The Morgan fingerprint density at radius 2 is 2.17 bits per heavy atom. The van der Waals surface area contributed by atoms with E-state index in [-0.39, 0.29) is 18.9 Å². The van der Waals surface area contributed by atoms with Gasteiger partial charge in [0.15, 0.2) is 5.75 Å². The van der Waals surface area contributed by atoms with Crippen LogP contribution in [0.2, 0.25) is 0 Å². The molecule has 1 rings (SSSR count). The summed E-state index contributed by atoms with van der Waals surface area (Å²) in [6, 6.07) is 1.27. The van der Waals surface area contributed by atoms with Gasteiger partial charge >= 0.3 is 5.97 Å². The van der Waals surface area contributed by atoms with Crippen LogP contribution in [0.15, 0.2) is 54.1 Å². The summed E-state index contributed by atoms with van der Waals surface area (Å²) in [6.45, 7) is 12.7. The van der Waals surface area contributed by atoms with Gasteiger partial charge in [-0.2, -0.15) is 5.10 Å². The zero-order valence-electron chi connectivity index (χ0n) is 14.2. The molecule has 0 saturated carbocycles. The standard InChI is InChI=1S/C18H22N2O4/c1-6-9-14(10-7-2)24-15-11-16(21)20(12-17(22)23-8-3)19-18(15)13(4)5/h6-7,9-11H,1,4,8,12H2,2-3,5H3/b10-7-,14-9+. The lowest BCUT2D eigenvalue weighted by Crippen LogP contribution is -2.28. The fraction of sp³-hybridized carbons (Fsp3) is 0.278. The molecule has 1 aromatic heterocycles. The fourth-order valence-electron chi connectivity index (χ4n) is 1.82. The predicted molar refractivity (Wildman–Crippen MR) is 93.6 cm³/mol. The number of carbonyl (C=O) groups excluding carboxylic acids is 1. The van der Waals surface area contributed by atoms with Crippen molar-refractivity contribution in [3.05, 3.63) is 65.3 Å². The van der Waals surface area contributed by atoms with E-state index in [1.165, 1.54) is 6.07 Å². The summed E-state index contributed by atoms with van der Waals surface area (Å²) in [5, 5.41) is 4.17. The lowest BCUT2D eigenvalue weighted by atomic mass is 10.2. The minimum absolute atomic E-state index is 0.237. The molecule has 0 aliphatic carbocycles. The highest BCUT2D eigenvalue weighted by Gasteiger charge is 2.14. The Morgan fingerprint density at radius 1 is 1.46 bits per heavy atom. The molecule has 0 saturated heterocycles. The molecular weight excluding hydrogens is 308 g/mol. The number of allylic oxidation sites excluding steroid dienone is 5. The Hall–Kier alpha value is -2.89. The molecule has 1 heterocycles. The summed E-state index contributed by atoms with van der Waals surface area (Å²) in [5.74, 6) is 0.229. The molecule has 24 heavy (non-hydrogen) atoms. The first-order valence-corrected chi connectivity index (χ1v) is 7.49. The van der Waals surface area contributed by atoms with E-state index >= 15 is 0 Å². The lowest BCUT2D eigenvalue weighted by Gasteiger charge is -2.13. The van der Waals surface area contributed by atoms with Gasteiger partial charge < -0.3 is 9.47 Å². The van der Waals surface area contributed by atoms with E-state index < -0.39 is 11.5 Å². The molecule has 128 valence electrons. The number of carbonyl (C=O) groups is 1. The van der Waals surface area contributed by atoms with Crippen molar-refractivity contribution in [2.45, 2.75) is 27.3 Å². The van der Waals surface area contributed by atoms with Gasteiger partial charge in [0.1, 0.15) is 18.0 Å². The van der Waals surface area contributed by atoms with E-state index in [0.717, 1.165) is 4.68 Å². The lowest BCUT2D eigenvalue weighted by molar-refractivity contribution is -0.144. The van der Waals surface area contributed by atoms with Crippen LogP contribution in [-0.2, 0) is 16.1 Å². The van der Waals surface area contributed by atoms with Crippen molar-refractivity contribution in [2.24, 2.45) is 0 Å². The van der Waals surface area contributed by atoms with Crippen LogP contribution >= 0.6 is 0 Å². The maximum Gasteiger partial charge on any atom is 0.327 e. The molecule has 0 aliphatic heterocycles. The largest absolute Gasteiger partial charge is 0.465 e. The van der Waals surface area contributed by atoms with Gasteiger partial charge in [-0.1, -0.05) is 25.3 Å². The molecule has 0 fully saturated rings. The summed E-state index contributed by atoms with van der Waals surface area (Å²) in [6.07, 6.45) is 6.76. The van der Waals surface area contributed by atoms with Crippen LogP contribution in [0.1, 0.15) is 26.5 Å². The molecule has 6 nitrogen and oxygen atoms in total. The molecule has 0 aromatic carbocycles. The molecular formula is C18H22N2O4. The second-order valence-corrected chi connectivity index (χ2v) is 4.85. The Labute approximate surface area is 141 Å². The van der Waals surface area contributed by atoms with E-state index in [4.69, 9.17) is 9.47 Å². The van der Waals surface area contributed by atoms with Crippen molar-refractivity contribution in [3.8, 4) is 5.75 Å². The first-order chi connectivity index (χ1) is 11.4. The molecule has 0 atom stereocenters. The number of hydrogen-bond acceptors (Lipinski definition) is 5. The van der Waals surface area contributed by atoms with Crippen molar-refractivity contribution < 1.29 is 14.3 Å². The Bertz CT molecular complexity index is 742. The summed E-state index contributed by atoms with van der Waals surface area (Å²) < 4.78 is 11.6. The molecule has 0 aliphatic rings. The van der Waals surface area contributed by atoms with Crippen molar-refractivity contribution in [2.75, 3.05) is 6.61 Å². The topological polar surface area (TPSA) is 70.4 Å². The minimum Gasteiger partial charge on any atom is -0.465 e. The maximum absolute atomic E-state index is 12.2. The van der Waals surface area contributed by atoms with Crippen molar-refractivity contribution in [1.82, 2.24) is 9.78 Å². The van der Waals surface area contributed by atoms with Gasteiger partial charge in [0.25, 0.3) is 5.56 Å². The van der Waals surface area contributed by atoms with E-state index in [1.54, 1.807) is 38.2 Å². The minimum atomic E-state index is -0.533. The van der Waals surface area contributed by atoms with Gasteiger partial charge in [0.2, 0.25) is 0 Å². The number of hydrogen-bond donors (Lipinski definition) is 0. The average molecular weight is 330 g/mol. The zero-order chi connectivity index (χ0) is 18.1. The molecule has 0 radical (unpaired) electrons. The molecule has 0 spiro atoms. The Kier molecular flexibility index (Phi) is 7.42. The third-order valence-electron chi connectivity index (χ3n) is 2.79. The molecule has 0 N–H and O–H groups in total. The summed E-state index contributed by atoms with van der Waals surface area (Å²) in [5.41, 5.74) is 0.515. The van der Waals surface area contributed by atoms with Crippen LogP contribution < -0.4 is 10.3 Å². The van der Waals surface area contributed by atoms with E-state index in [1.807, 2.05) is 6.92 Å². The maximum atomic E-state index is 12.2. The predicted octanol–water partition coefficient (Wildman–Crippen LogP) is 2.86. The number of rotatable bonds is 8. The average Bonchev–Trinajstić information content (AvgIpc) is 2.50. The van der Waals surface area contributed by atoms with Gasteiger partial charge in [-0.25, -0.2) is 4.68 Å². The van der Waals surface area contributed by atoms with Crippen LogP contribution in [0.5, 0.6) is 5.75 Å². The van der Waals surface area contributed by atoms with Crippen LogP contribution in [0.3, 0.4) is 0 Å². The third-order valence-corrected chi connectivity index (χ3v) is 2.79. The molecule has 0 amide bonds. The van der Waals surface area contributed by atoms with E-state index in [9.17, 15) is 9.59 Å². The first-order valence-electron chi connectivity index (χ1n) is 7.49. The van der Waals surface area contributed by atoms with Gasteiger partial charge in [0, 0.05) is 0 Å². The molecule has 0 unspecified atom stereocenters. The van der Waals surface area contributed by atoms with Gasteiger partial charge in [-0.05, 0) is 38.5 Å². The smallest absolute Gasteiger partial charge is 0.327 e. The first kappa shape index (κ1) is 19.2. The van der Waals surface area contributed by atoms with Crippen LogP contribution in [-0.4, -0.2) is 22.4 Å². The van der Waals surface area contributed by atoms with Gasteiger partial charge in [-0.3, -0.25) is 9.59 Å². The highest BCUT2D eigenvalue weighted by atomic mass is 16.5. The number of aromatic nitrogens is 2. The molecule has 1 aromatic rings. The number of nitrogens with zero attached hydrogens (tertiary/aromatic N) is 2. The van der Waals surface area contributed by atoms with Crippen LogP contribution in [0, 0.1) is 0 Å².